The van der Waals surface area contributed by atoms with Gasteiger partial charge in [-0.05, 0) is 67.0 Å². The van der Waals surface area contributed by atoms with E-state index in [2.05, 4.69) is 4.99 Å². The fraction of sp³-hybridized carbons (Fsp3) is 0.280. The van der Waals surface area contributed by atoms with Crippen molar-refractivity contribution in [1.82, 2.24) is 0 Å². The number of carbonyl (C=O) groups excluding carboxylic acids is 1. The minimum atomic E-state index is -1.28. The number of carbonyl (C=O) groups is 3. The van der Waals surface area contributed by atoms with Crippen LogP contribution >= 0.6 is 11.6 Å². The minimum Gasteiger partial charge on any atom is -0.481 e. The van der Waals surface area contributed by atoms with E-state index in [0.29, 0.717) is 5.57 Å². The van der Waals surface area contributed by atoms with Gasteiger partial charge < -0.3 is 15.9 Å². The fourth-order valence-corrected chi connectivity index (χ4v) is 4.51. The number of hydrogen-bond donors (Lipinski definition) is 3. The van der Waals surface area contributed by atoms with Gasteiger partial charge in [0.1, 0.15) is 5.82 Å². The summed E-state index contributed by atoms with van der Waals surface area (Å²) in [6, 6.07) is 8.55. The lowest BCUT2D eigenvalue weighted by molar-refractivity contribution is -0.141. The van der Waals surface area contributed by atoms with Crippen LogP contribution in [-0.4, -0.2) is 33.8 Å². The molecule has 2 aromatic rings. The largest absolute Gasteiger partial charge is 0.481 e. The number of carboxylic acid groups (broad SMARTS) is 2. The molecule has 1 unspecified atom stereocenters. The number of nitrogens with two attached hydrogens (primary N) is 1. The molecule has 2 aliphatic rings. The van der Waals surface area contributed by atoms with Gasteiger partial charge in [0.25, 0.3) is 5.91 Å². The summed E-state index contributed by atoms with van der Waals surface area (Å²) in [5.74, 6) is -4.27. The maximum Gasteiger partial charge on any atom is 0.335 e. The highest BCUT2D eigenvalue weighted by Crippen LogP contribution is 2.43. The number of aromatic carboxylic acids is 1. The highest BCUT2D eigenvalue weighted by molar-refractivity contribution is 6.34. The topological polar surface area (TPSA) is 130 Å². The van der Waals surface area contributed by atoms with Gasteiger partial charge in [-0.3, -0.25) is 9.59 Å². The van der Waals surface area contributed by atoms with Gasteiger partial charge in [-0.2, -0.15) is 0 Å². The molecule has 1 amide bonds. The van der Waals surface area contributed by atoms with Crippen LogP contribution in [0.5, 0.6) is 0 Å². The molecule has 0 saturated heterocycles. The molecule has 0 spiro atoms. The predicted molar refractivity (Wildman–Crippen MR) is 125 cm³/mol. The van der Waals surface area contributed by atoms with Crippen molar-refractivity contribution in [2.24, 2.45) is 16.6 Å². The first-order chi connectivity index (χ1) is 16.2. The predicted octanol–water partition coefficient (Wildman–Crippen LogP) is 4.89. The molecular formula is C25H22ClFN2O5. The first-order valence-corrected chi connectivity index (χ1v) is 11.2. The van der Waals surface area contributed by atoms with Gasteiger partial charge in [0.15, 0.2) is 0 Å². The Balaban J connectivity index is 1.79. The molecule has 2 aliphatic carbocycles. The maximum absolute atomic E-state index is 14.7. The van der Waals surface area contributed by atoms with Gasteiger partial charge >= 0.3 is 11.9 Å². The molecule has 176 valence electrons. The summed E-state index contributed by atoms with van der Waals surface area (Å²) in [6.45, 7) is 0. The van der Waals surface area contributed by atoms with Crippen LogP contribution in [0.1, 0.15) is 69.9 Å². The average Bonchev–Trinajstić information content (AvgIpc) is 3.63. The lowest BCUT2D eigenvalue weighted by Crippen LogP contribution is -2.27. The number of amides is 1. The van der Waals surface area contributed by atoms with E-state index in [1.165, 1.54) is 12.1 Å². The first-order valence-electron chi connectivity index (χ1n) is 10.8. The summed E-state index contributed by atoms with van der Waals surface area (Å²) < 4.78 is 14.7. The number of aliphatic imine (C=N–C) groups is 1. The van der Waals surface area contributed by atoms with Crippen molar-refractivity contribution in [2.45, 2.75) is 38.0 Å². The van der Waals surface area contributed by atoms with E-state index in [4.69, 9.17) is 22.4 Å². The van der Waals surface area contributed by atoms with Gasteiger partial charge in [-0.15, -0.1) is 0 Å². The van der Waals surface area contributed by atoms with E-state index in [9.17, 15) is 23.9 Å². The molecule has 0 aromatic heterocycles. The average molecular weight is 485 g/mol. The number of nitrogens with zero attached hydrogens (tertiary/aromatic N) is 1. The molecule has 1 atom stereocenters. The van der Waals surface area contributed by atoms with Crippen LogP contribution in [0, 0.1) is 11.7 Å². The second kappa shape index (κ2) is 9.38. The van der Waals surface area contributed by atoms with Crippen LogP contribution in [0.25, 0.3) is 5.70 Å². The van der Waals surface area contributed by atoms with Crippen LogP contribution in [0.2, 0.25) is 5.02 Å². The zero-order valence-electron chi connectivity index (χ0n) is 18.1. The third-order valence-corrected chi connectivity index (χ3v) is 6.54. The van der Waals surface area contributed by atoms with Crippen LogP contribution in [0.3, 0.4) is 0 Å². The van der Waals surface area contributed by atoms with Crippen molar-refractivity contribution in [3.05, 3.63) is 75.1 Å². The molecule has 0 aliphatic heterocycles. The third-order valence-electron chi connectivity index (χ3n) is 6.22. The van der Waals surface area contributed by atoms with E-state index in [-0.39, 0.29) is 58.3 Å². The Morgan fingerprint density at radius 1 is 1.09 bits per heavy atom. The Morgan fingerprint density at radius 2 is 1.82 bits per heavy atom. The summed E-state index contributed by atoms with van der Waals surface area (Å²) >= 11 is 6.33. The molecule has 0 radical (unpaired) electrons. The first kappa shape index (κ1) is 23.6. The normalized spacial score (nSPS) is 20.8. The van der Waals surface area contributed by atoms with E-state index in [1.54, 1.807) is 12.1 Å². The maximum atomic E-state index is 14.7. The second-order valence-corrected chi connectivity index (χ2v) is 8.92. The second-order valence-electron chi connectivity index (χ2n) is 8.51. The quantitative estimate of drug-likeness (QED) is 0.553. The standard InChI is InChI=1S/C25H22ClFN2O5/c26-18-3-1-2-15(12-4-5-12)21(18)23(30)29-20-11-14(25(33)34)7-9-17(20)22(28)16-8-6-13(24(31)32)10-19(16)27/h1-3,6,8,10,12,14H,4-5,7,9,11,28H2,(H,31,32)(H,33,34). The van der Waals surface area contributed by atoms with E-state index in [1.807, 2.05) is 6.07 Å². The smallest absolute Gasteiger partial charge is 0.335 e. The Morgan fingerprint density at radius 3 is 2.44 bits per heavy atom. The Labute approximate surface area is 199 Å². The van der Waals surface area contributed by atoms with Crippen molar-refractivity contribution >= 4 is 40.9 Å². The highest BCUT2D eigenvalue weighted by Gasteiger charge is 2.32. The van der Waals surface area contributed by atoms with E-state index < -0.39 is 29.6 Å². The van der Waals surface area contributed by atoms with Crippen molar-refractivity contribution < 1.29 is 29.0 Å². The molecule has 7 nitrogen and oxygen atoms in total. The molecule has 9 heteroatoms. The van der Waals surface area contributed by atoms with Gasteiger partial charge in [-0.1, -0.05) is 23.7 Å². The number of aliphatic carboxylic acids is 1. The molecule has 2 fully saturated rings. The van der Waals surface area contributed by atoms with Crippen LogP contribution in [0.4, 0.5) is 4.39 Å². The summed E-state index contributed by atoms with van der Waals surface area (Å²) in [6.07, 6.45) is 2.26. The van der Waals surface area contributed by atoms with Crippen LogP contribution in [-0.2, 0) is 4.79 Å². The number of hydrogen-bond acceptors (Lipinski definition) is 4. The Hall–Kier alpha value is -3.52. The van der Waals surface area contributed by atoms with Gasteiger partial charge in [0.05, 0.1) is 27.8 Å². The summed E-state index contributed by atoms with van der Waals surface area (Å²) in [5.41, 5.74) is 7.62. The lowest BCUT2D eigenvalue weighted by atomic mass is 9.82. The number of rotatable bonds is 5. The highest BCUT2D eigenvalue weighted by atomic mass is 35.5. The molecule has 4 rings (SSSR count). The number of benzene rings is 2. The summed E-state index contributed by atoms with van der Waals surface area (Å²) in [7, 11) is 0. The summed E-state index contributed by atoms with van der Waals surface area (Å²) in [4.78, 5) is 40.2. The molecule has 0 bridgehead atoms. The fourth-order valence-electron chi connectivity index (χ4n) is 4.24. The molecule has 2 aromatic carbocycles. The van der Waals surface area contributed by atoms with Gasteiger partial charge in [0.2, 0.25) is 0 Å². The molecular weight excluding hydrogens is 463 g/mol. The SMILES string of the molecule is NC(=C1CCC(C(=O)O)CC1=NC(=O)c1c(Cl)cccc1C1CC1)c1ccc(C(=O)O)cc1F. The summed E-state index contributed by atoms with van der Waals surface area (Å²) in [5, 5.41) is 18.9. The van der Waals surface area contributed by atoms with E-state index in [0.717, 1.165) is 24.5 Å². The van der Waals surface area contributed by atoms with Crippen molar-refractivity contribution in [3.63, 3.8) is 0 Å². The molecule has 34 heavy (non-hydrogen) atoms. The zero-order valence-corrected chi connectivity index (χ0v) is 18.8. The van der Waals surface area contributed by atoms with Crippen molar-refractivity contribution in [3.8, 4) is 0 Å². The lowest BCUT2D eigenvalue weighted by Gasteiger charge is -2.24. The third kappa shape index (κ3) is 4.72. The molecule has 4 N–H and O–H groups in total. The van der Waals surface area contributed by atoms with Crippen LogP contribution in [0.15, 0.2) is 47.0 Å². The van der Waals surface area contributed by atoms with E-state index >= 15 is 0 Å². The van der Waals surface area contributed by atoms with Crippen LogP contribution < -0.4 is 5.73 Å². The molecule has 2 saturated carbocycles. The van der Waals surface area contributed by atoms with Crippen molar-refractivity contribution in [1.29, 1.82) is 0 Å². The van der Waals surface area contributed by atoms with Gasteiger partial charge in [-0.25, -0.2) is 14.2 Å². The Bertz CT molecular complexity index is 1270. The minimum absolute atomic E-state index is 0.00796. The van der Waals surface area contributed by atoms with Gasteiger partial charge in [0, 0.05) is 17.7 Å². The Kier molecular flexibility index (Phi) is 6.52. The number of allylic oxidation sites excluding steroid dienone is 1. The number of halogens is 2. The monoisotopic (exact) mass is 484 g/mol. The molecule has 0 heterocycles. The zero-order chi connectivity index (χ0) is 24.6. The van der Waals surface area contributed by atoms with Crippen molar-refractivity contribution in [2.75, 3.05) is 0 Å². The number of carboxylic acids is 2.